The maximum atomic E-state index is 11.4. The van der Waals surface area contributed by atoms with Gasteiger partial charge in [0.05, 0.1) is 12.6 Å². The molecule has 1 unspecified atom stereocenters. The highest BCUT2D eigenvalue weighted by Gasteiger charge is 2.14. The van der Waals surface area contributed by atoms with Crippen LogP contribution in [-0.2, 0) is 19.1 Å². The molecule has 0 bridgehead atoms. The molecule has 1 atom stereocenters. The molecule has 4 N–H and O–H groups in total. The average Bonchev–Trinajstić information content (AvgIpc) is 2.31. The van der Waals surface area contributed by atoms with Crippen molar-refractivity contribution >= 4 is 17.8 Å². The standard InChI is InChI=1S/C11H20N2O5/c1-2-18-10(16)4-3-7-13-11(17)8(12)5-6-9(14)15/h8H,2-7,12H2,1H3,(H,13,17)(H,14,15). The molecule has 0 saturated heterocycles. The molecule has 0 radical (unpaired) electrons. The van der Waals surface area contributed by atoms with E-state index in [1.165, 1.54) is 0 Å². The number of aliphatic carboxylic acids is 1. The van der Waals surface area contributed by atoms with E-state index in [2.05, 4.69) is 5.32 Å². The van der Waals surface area contributed by atoms with Gasteiger partial charge in [0.1, 0.15) is 0 Å². The molecule has 0 aliphatic rings. The fourth-order valence-electron chi connectivity index (χ4n) is 1.22. The van der Waals surface area contributed by atoms with Gasteiger partial charge in [-0.1, -0.05) is 0 Å². The Morgan fingerprint density at radius 1 is 1.33 bits per heavy atom. The van der Waals surface area contributed by atoms with Gasteiger partial charge < -0.3 is 20.9 Å². The average molecular weight is 260 g/mol. The second-order valence-corrected chi connectivity index (χ2v) is 3.74. The van der Waals surface area contributed by atoms with Crippen LogP contribution in [0.3, 0.4) is 0 Å². The lowest BCUT2D eigenvalue weighted by atomic mass is 10.1. The number of nitrogens with one attached hydrogen (secondary N) is 1. The third-order valence-electron chi connectivity index (χ3n) is 2.17. The first kappa shape index (κ1) is 16.4. The van der Waals surface area contributed by atoms with E-state index in [1.54, 1.807) is 6.92 Å². The van der Waals surface area contributed by atoms with E-state index in [0.717, 1.165) is 0 Å². The van der Waals surface area contributed by atoms with Crippen molar-refractivity contribution in [3.8, 4) is 0 Å². The van der Waals surface area contributed by atoms with Crippen LogP contribution in [0.1, 0.15) is 32.6 Å². The van der Waals surface area contributed by atoms with E-state index in [1.807, 2.05) is 0 Å². The van der Waals surface area contributed by atoms with Gasteiger partial charge in [0.2, 0.25) is 5.91 Å². The number of hydrogen-bond donors (Lipinski definition) is 3. The minimum absolute atomic E-state index is 0.0963. The van der Waals surface area contributed by atoms with E-state index >= 15 is 0 Å². The fraction of sp³-hybridized carbons (Fsp3) is 0.727. The Labute approximate surface area is 106 Å². The Balaban J connectivity index is 3.63. The molecule has 0 aliphatic carbocycles. The highest BCUT2D eigenvalue weighted by Crippen LogP contribution is 1.96. The van der Waals surface area contributed by atoms with Crippen molar-refractivity contribution in [3.63, 3.8) is 0 Å². The van der Waals surface area contributed by atoms with Crippen LogP contribution in [0.5, 0.6) is 0 Å². The Morgan fingerprint density at radius 3 is 2.56 bits per heavy atom. The smallest absolute Gasteiger partial charge is 0.305 e. The molecule has 0 saturated carbocycles. The summed E-state index contributed by atoms with van der Waals surface area (Å²) in [4.78, 5) is 32.6. The van der Waals surface area contributed by atoms with Gasteiger partial charge in [-0.05, 0) is 19.8 Å². The van der Waals surface area contributed by atoms with E-state index in [9.17, 15) is 14.4 Å². The summed E-state index contributed by atoms with van der Waals surface area (Å²) in [6, 6.07) is -0.830. The first-order chi connectivity index (χ1) is 8.47. The molecule has 7 heteroatoms. The molecule has 18 heavy (non-hydrogen) atoms. The maximum Gasteiger partial charge on any atom is 0.305 e. The summed E-state index contributed by atoms with van der Waals surface area (Å²) in [5.41, 5.74) is 5.49. The molecular formula is C11H20N2O5. The Bertz CT molecular complexity index is 293. The van der Waals surface area contributed by atoms with E-state index < -0.39 is 17.9 Å². The number of amides is 1. The van der Waals surface area contributed by atoms with Crippen molar-refractivity contribution in [2.24, 2.45) is 5.73 Å². The van der Waals surface area contributed by atoms with Crippen molar-refractivity contribution in [2.45, 2.75) is 38.6 Å². The Kier molecular flexibility index (Phi) is 8.55. The molecule has 0 aromatic heterocycles. The van der Waals surface area contributed by atoms with Gasteiger partial charge in [0.15, 0.2) is 0 Å². The van der Waals surface area contributed by atoms with Crippen molar-refractivity contribution < 1.29 is 24.2 Å². The van der Waals surface area contributed by atoms with E-state index in [4.69, 9.17) is 15.6 Å². The van der Waals surface area contributed by atoms with Crippen LogP contribution in [0.4, 0.5) is 0 Å². The largest absolute Gasteiger partial charge is 0.481 e. The molecule has 0 aromatic carbocycles. The summed E-state index contributed by atoms with van der Waals surface area (Å²) in [6.07, 6.45) is 0.658. The van der Waals surface area contributed by atoms with Gasteiger partial charge in [-0.25, -0.2) is 0 Å². The first-order valence-electron chi connectivity index (χ1n) is 5.88. The second-order valence-electron chi connectivity index (χ2n) is 3.74. The molecule has 0 aromatic rings. The summed E-state index contributed by atoms with van der Waals surface area (Å²) in [7, 11) is 0. The molecule has 0 rings (SSSR count). The van der Waals surface area contributed by atoms with Gasteiger partial charge >= 0.3 is 11.9 Å². The van der Waals surface area contributed by atoms with Gasteiger partial charge in [-0.3, -0.25) is 14.4 Å². The summed E-state index contributed by atoms with van der Waals surface area (Å²) in [6.45, 7) is 2.38. The maximum absolute atomic E-state index is 11.4. The molecular weight excluding hydrogens is 240 g/mol. The number of nitrogens with two attached hydrogens (primary N) is 1. The lowest BCUT2D eigenvalue weighted by Gasteiger charge is -2.10. The number of carboxylic acid groups (broad SMARTS) is 1. The molecule has 0 heterocycles. The lowest BCUT2D eigenvalue weighted by Crippen LogP contribution is -2.41. The number of carbonyl (C=O) groups excluding carboxylic acids is 2. The van der Waals surface area contributed by atoms with Gasteiger partial charge in [-0.2, -0.15) is 0 Å². The van der Waals surface area contributed by atoms with Crippen molar-refractivity contribution in [3.05, 3.63) is 0 Å². The topological polar surface area (TPSA) is 119 Å². The monoisotopic (exact) mass is 260 g/mol. The second kappa shape index (κ2) is 9.41. The first-order valence-corrected chi connectivity index (χ1v) is 5.88. The summed E-state index contributed by atoms with van der Waals surface area (Å²) < 4.78 is 4.72. The molecule has 0 fully saturated rings. The zero-order valence-electron chi connectivity index (χ0n) is 10.5. The van der Waals surface area contributed by atoms with Gasteiger partial charge in [0.25, 0.3) is 0 Å². The number of rotatable bonds is 9. The highest BCUT2D eigenvalue weighted by molar-refractivity contribution is 5.82. The predicted molar refractivity (Wildman–Crippen MR) is 63.7 cm³/mol. The lowest BCUT2D eigenvalue weighted by molar-refractivity contribution is -0.143. The summed E-state index contributed by atoms with van der Waals surface area (Å²) in [5.74, 6) is -1.69. The third-order valence-corrected chi connectivity index (χ3v) is 2.17. The number of esters is 1. The molecule has 0 aliphatic heterocycles. The summed E-state index contributed by atoms with van der Waals surface area (Å²) in [5, 5.41) is 11.0. The van der Waals surface area contributed by atoms with Crippen LogP contribution in [0.15, 0.2) is 0 Å². The Hall–Kier alpha value is -1.63. The normalized spacial score (nSPS) is 11.7. The van der Waals surface area contributed by atoms with Crippen molar-refractivity contribution in [1.82, 2.24) is 5.32 Å². The zero-order chi connectivity index (χ0) is 14.0. The molecule has 0 spiro atoms. The van der Waals surface area contributed by atoms with Gasteiger partial charge in [0, 0.05) is 19.4 Å². The van der Waals surface area contributed by atoms with Crippen LogP contribution in [0.2, 0.25) is 0 Å². The number of ether oxygens (including phenoxy) is 1. The van der Waals surface area contributed by atoms with Crippen LogP contribution in [-0.4, -0.2) is 42.1 Å². The van der Waals surface area contributed by atoms with Gasteiger partial charge in [-0.15, -0.1) is 0 Å². The summed E-state index contributed by atoms with van der Waals surface area (Å²) >= 11 is 0. The fourth-order valence-corrected chi connectivity index (χ4v) is 1.22. The van der Waals surface area contributed by atoms with E-state index in [-0.39, 0.29) is 25.2 Å². The third kappa shape index (κ3) is 8.51. The van der Waals surface area contributed by atoms with E-state index in [0.29, 0.717) is 19.6 Å². The van der Waals surface area contributed by atoms with Crippen LogP contribution in [0.25, 0.3) is 0 Å². The number of carbonyl (C=O) groups is 3. The molecule has 1 amide bonds. The quantitative estimate of drug-likeness (QED) is 0.385. The minimum Gasteiger partial charge on any atom is -0.481 e. The van der Waals surface area contributed by atoms with Crippen LogP contribution in [0, 0.1) is 0 Å². The number of hydrogen-bond acceptors (Lipinski definition) is 5. The van der Waals surface area contributed by atoms with Crippen molar-refractivity contribution in [1.29, 1.82) is 0 Å². The van der Waals surface area contributed by atoms with Crippen molar-refractivity contribution in [2.75, 3.05) is 13.2 Å². The van der Waals surface area contributed by atoms with Crippen LogP contribution >= 0.6 is 0 Å². The SMILES string of the molecule is CCOC(=O)CCCNC(=O)C(N)CCC(=O)O. The Morgan fingerprint density at radius 2 is 2.00 bits per heavy atom. The molecule has 104 valence electrons. The zero-order valence-corrected chi connectivity index (χ0v) is 10.5. The molecule has 7 nitrogen and oxygen atoms in total. The highest BCUT2D eigenvalue weighted by atomic mass is 16.5. The predicted octanol–water partition coefficient (Wildman–Crippen LogP) is -0.362. The number of carboxylic acids is 1. The van der Waals surface area contributed by atoms with Crippen LogP contribution < -0.4 is 11.1 Å². The minimum atomic E-state index is -0.986.